The van der Waals surface area contributed by atoms with Crippen LogP contribution in [0.3, 0.4) is 0 Å². The summed E-state index contributed by atoms with van der Waals surface area (Å²) in [5.41, 5.74) is 1.67. The Morgan fingerprint density at radius 1 is 1.11 bits per heavy atom. The summed E-state index contributed by atoms with van der Waals surface area (Å²) in [6.07, 6.45) is 0.282. The Hall–Kier alpha value is -2.09. The Labute approximate surface area is 107 Å². The van der Waals surface area contributed by atoms with Gasteiger partial charge in [-0.1, -0.05) is 0 Å². The Morgan fingerprint density at radius 2 is 1.72 bits per heavy atom. The van der Waals surface area contributed by atoms with Crippen molar-refractivity contribution in [2.75, 3.05) is 40.3 Å². The van der Waals surface area contributed by atoms with E-state index in [2.05, 4.69) is 6.07 Å². The Bertz CT molecular complexity index is 464. The van der Waals surface area contributed by atoms with Gasteiger partial charge in [0.2, 0.25) is 5.75 Å². The second-order valence-corrected chi connectivity index (χ2v) is 3.88. The first-order valence-corrected chi connectivity index (χ1v) is 5.46. The second-order valence-electron chi connectivity index (χ2n) is 3.88. The molecular formula is C13H18N2O3. The third-order valence-electron chi connectivity index (χ3n) is 2.60. The van der Waals surface area contributed by atoms with Crippen LogP contribution in [-0.4, -0.2) is 35.4 Å². The van der Waals surface area contributed by atoms with E-state index in [1.165, 1.54) is 0 Å². The SMILES string of the molecule is COc1cc(CC#N)c(N(C)C)c(OC)c1OC. The fraction of sp³-hybridized carbons (Fsp3) is 0.462. The van der Waals surface area contributed by atoms with Gasteiger partial charge in [-0.05, 0) is 11.6 Å². The van der Waals surface area contributed by atoms with Gasteiger partial charge < -0.3 is 19.1 Å². The molecule has 0 amide bonds. The minimum atomic E-state index is 0.282. The van der Waals surface area contributed by atoms with Crippen LogP contribution in [0.1, 0.15) is 5.56 Å². The van der Waals surface area contributed by atoms with Gasteiger partial charge in [0, 0.05) is 14.1 Å². The summed E-state index contributed by atoms with van der Waals surface area (Å²) < 4.78 is 16.0. The molecule has 0 heterocycles. The van der Waals surface area contributed by atoms with Gasteiger partial charge >= 0.3 is 0 Å². The maximum atomic E-state index is 8.90. The van der Waals surface area contributed by atoms with Crippen molar-refractivity contribution in [1.29, 1.82) is 5.26 Å². The predicted molar refractivity (Wildman–Crippen MR) is 69.7 cm³/mol. The largest absolute Gasteiger partial charge is 0.493 e. The molecule has 0 radical (unpaired) electrons. The highest BCUT2D eigenvalue weighted by molar-refractivity contribution is 5.73. The molecule has 0 atom stereocenters. The molecule has 1 aromatic rings. The zero-order valence-electron chi connectivity index (χ0n) is 11.4. The summed E-state index contributed by atoms with van der Waals surface area (Å²) in [5.74, 6) is 1.67. The van der Waals surface area contributed by atoms with Crippen LogP contribution in [0.4, 0.5) is 5.69 Å². The quantitative estimate of drug-likeness (QED) is 0.798. The number of methoxy groups -OCH3 is 3. The Kier molecular flexibility index (Phi) is 4.67. The lowest BCUT2D eigenvalue weighted by Gasteiger charge is -2.23. The van der Waals surface area contributed by atoms with E-state index in [4.69, 9.17) is 19.5 Å². The molecule has 0 saturated heterocycles. The maximum absolute atomic E-state index is 8.90. The van der Waals surface area contributed by atoms with Crippen LogP contribution in [0.15, 0.2) is 6.07 Å². The molecule has 5 heteroatoms. The van der Waals surface area contributed by atoms with E-state index in [9.17, 15) is 0 Å². The first-order chi connectivity index (χ1) is 8.60. The van der Waals surface area contributed by atoms with E-state index >= 15 is 0 Å². The van der Waals surface area contributed by atoms with Crippen LogP contribution in [0.25, 0.3) is 0 Å². The van der Waals surface area contributed by atoms with E-state index < -0.39 is 0 Å². The average Bonchev–Trinajstić information content (AvgIpc) is 2.36. The van der Waals surface area contributed by atoms with Gasteiger partial charge in [0.1, 0.15) is 0 Å². The van der Waals surface area contributed by atoms with Crippen molar-refractivity contribution < 1.29 is 14.2 Å². The van der Waals surface area contributed by atoms with Gasteiger partial charge in [0.05, 0.1) is 39.5 Å². The predicted octanol–water partition coefficient (Wildman–Crippen LogP) is 1.84. The number of rotatable bonds is 5. The third-order valence-corrected chi connectivity index (χ3v) is 2.60. The number of benzene rings is 1. The zero-order valence-corrected chi connectivity index (χ0v) is 11.4. The smallest absolute Gasteiger partial charge is 0.205 e. The first kappa shape index (κ1) is 14.0. The minimum absolute atomic E-state index is 0.282. The van der Waals surface area contributed by atoms with E-state index in [1.54, 1.807) is 27.4 Å². The summed E-state index contributed by atoms with van der Waals surface area (Å²) in [4.78, 5) is 1.90. The fourth-order valence-corrected chi connectivity index (χ4v) is 1.90. The van der Waals surface area contributed by atoms with Gasteiger partial charge in [-0.15, -0.1) is 0 Å². The molecule has 0 spiro atoms. The van der Waals surface area contributed by atoms with Crippen LogP contribution < -0.4 is 19.1 Å². The molecule has 0 bridgehead atoms. The maximum Gasteiger partial charge on any atom is 0.205 e. The number of nitriles is 1. The molecule has 0 aromatic heterocycles. The van der Waals surface area contributed by atoms with Crippen LogP contribution >= 0.6 is 0 Å². The normalized spacial score (nSPS) is 9.56. The summed E-state index contributed by atoms with van der Waals surface area (Å²) in [6.45, 7) is 0. The molecule has 0 fully saturated rings. The van der Waals surface area contributed by atoms with E-state index in [-0.39, 0.29) is 6.42 Å². The van der Waals surface area contributed by atoms with Crippen molar-refractivity contribution >= 4 is 5.69 Å². The molecule has 0 unspecified atom stereocenters. The first-order valence-electron chi connectivity index (χ1n) is 5.46. The van der Waals surface area contributed by atoms with Crippen molar-refractivity contribution in [3.63, 3.8) is 0 Å². The van der Waals surface area contributed by atoms with Gasteiger partial charge in [-0.3, -0.25) is 0 Å². The minimum Gasteiger partial charge on any atom is -0.493 e. The number of hydrogen-bond donors (Lipinski definition) is 0. The summed E-state index contributed by atoms with van der Waals surface area (Å²) in [7, 11) is 8.47. The molecule has 0 saturated carbocycles. The molecule has 18 heavy (non-hydrogen) atoms. The van der Waals surface area contributed by atoms with Crippen LogP contribution in [-0.2, 0) is 6.42 Å². The number of ether oxygens (including phenoxy) is 3. The van der Waals surface area contributed by atoms with Crippen molar-refractivity contribution in [1.82, 2.24) is 0 Å². The number of hydrogen-bond acceptors (Lipinski definition) is 5. The molecular weight excluding hydrogens is 232 g/mol. The molecule has 0 aliphatic carbocycles. The lowest BCUT2D eigenvalue weighted by atomic mass is 10.1. The molecule has 0 aliphatic heterocycles. The van der Waals surface area contributed by atoms with Crippen LogP contribution in [0.2, 0.25) is 0 Å². The molecule has 98 valence electrons. The Morgan fingerprint density at radius 3 is 2.11 bits per heavy atom. The molecule has 0 aliphatic rings. The summed E-state index contributed by atoms with van der Waals surface area (Å²) >= 11 is 0. The lowest BCUT2D eigenvalue weighted by Crippen LogP contribution is -2.14. The van der Waals surface area contributed by atoms with Gasteiger partial charge in [-0.25, -0.2) is 0 Å². The van der Waals surface area contributed by atoms with Crippen molar-refractivity contribution in [3.8, 4) is 23.3 Å². The second kappa shape index (κ2) is 6.01. The van der Waals surface area contributed by atoms with Gasteiger partial charge in [0.15, 0.2) is 11.5 Å². The van der Waals surface area contributed by atoms with E-state index in [1.807, 2.05) is 19.0 Å². The highest BCUT2D eigenvalue weighted by Gasteiger charge is 2.21. The summed E-state index contributed by atoms with van der Waals surface area (Å²) in [6, 6.07) is 3.95. The Balaban J connectivity index is 3.58. The highest BCUT2D eigenvalue weighted by atomic mass is 16.5. The van der Waals surface area contributed by atoms with E-state index in [0.29, 0.717) is 17.2 Å². The van der Waals surface area contributed by atoms with Crippen molar-refractivity contribution in [2.45, 2.75) is 6.42 Å². The lowest BCUT2D eigenvalue weighted by molar-refractivity contribution is 0.324. The van der Waals surface area contributed by atoms with Crippen molar-refractivity contribution in [3.05, 3.63) is 11.6 Å². The molecule has 5 nitrogen and oxygen atoms in total. The van der Waals surface area contributed by atoms with Crippen molar-refractivity contribution in [2.24, 2.45) is 0 Å². The fourth-order valence-electron chi connectivity index (χ4n) is 1.90. The molecule has 1 aromatic carbocycles. The van der Waals surface area contributed by atoms with Crippen LogP contribution in [0, 0.1) is 11.3 Å². The van der Waals surface area contributed by atoms with Gasteiger partial charge in [0.25, 0.3) is 0 Å². The number of nitrogens with zero attached hydrogens (tertiary/aromatic N) is 2. The topological polar surface area (TPSA) is 54.7 Å². The van der Waals surface area contributed by atoms with Crippen LogP contribution in [0.5, 0.6) is 17.2 Å². The molecule has 1 rings (SSSR count). The third kappa shape index (κ3) is 2.43. The highest BCUT2D eigenvalue weighted by Crippen LogP contribution is 2.46. The van der Waals surface area contributed by atoms with Gasteiger partial charge in [-0.2, -0.15) is 5.26 Å². The zero-order chi connectivity index (χ0) is 13.7. The van der Waals surface area contributed by atoms with E-state index in [0.717, 1.165) is 11.3 Å². The standard InChI is InChI=1S/C13H18N2O3/c1-15(2)11-9(6-7-14)8-10(16-3)12(17-4)13(11)18-5/h8H,6H2,1-5H3. The molecule has 0 N–H and O–H groups in total. The summed E-state index contributed by atoms with van der Waals surface area (Å²) in [5, 5.41) is 8.90. The monoisotopic (exact) mass is 250 g/mol. The average molecular weight is 250 g/mol. The number of anilines is 1.